The molecule has 0 spiro atoms. The van der Waals surface area contributed by atoms with Gasteiger partial charge in [0.1, 0.15) is 0 Å². The Kier molecular flexibility index (Phi) is 5.98. The summed E-state index contributed by atoms with van der Waals surface area (Å²) in [5.74, 6) is -0.586. The third-order valence-corrected chi connectivity index (χ3v) is 2.87. The van der Waals surface area contributed by atoms with E-state index in [9.17, 15) is 18.0 Å². The summed E-state index contributed by atoms with van der Waals surface area (Å²) in [5.41, 5.74) is 6.46. The number of nitrogen functional groups attached to an aromatic ring is 1. The molecule has 1 aromatic carbocycles. The summed E-state index contributed by atoms with van der Waals surface area (Å²) < 4.78 is 37.4. The number of anilines is 2. The van der Waals surface area contributed by atoms with Gasteiger partial charge in [0.15, 0.2) is 0 Å². The number of carbonyl (C=O) groups excluding carboxylic acids is 1. The average Bonchev–Trinajstić information content (AvgIpc) is 2.38. The lowest BCUT2D eigenvalue weighted by molar-refractivity contribution is -0.153. The summed E-state index contributed by atoms with van der Waals surface area (Å²) in [6.45, 7) is -0.608. The molecule has 8 heteroatoms. The third kappa shape index (κ3) is 6.01. The van der Waals surface area contributed by atoms with Gasteiger partial charge in [0.2, 0.25) is 5.91 Å². The minimum absolute atomic E-state index is 0.240. The number of amides is 1. The van der Waals surface area contributed by atoms with Gasteiger partial charge in [-0.1, -0.05) is 0 Å². The van der Waals surface area contributed by atoms with Crippen LogP contribution in [0.5, 0.6) is 0 Å². The van der Waals surface area contributed by atoms with Crippen molar-refractivity contribution in [1.82, 2.24) is 4.90 Å². The molecule has 0 aromatic heterocycles. The van der Waals surface area contributed by atoms with Gasteiger partial charge in [-0.15, -0.1) is 0 Å². The van der Waals surface area contributed by atoms with Crippen LogP contribution in [0.25, 0.3) is 0 Å². The predicted molar refractivity (Wildman–Crippen MR) is 73.7 cm³/mol. The SMILES string of the molecule is CC(C(=O)Nc1ccc(N)cc1)N(CCO)CC(F)(F)F. The van der Waals surface area contributed by atoms with Crippen molar-refractivity contribution in [1.29, 1.82) is 0 Å². The molecular weight excluding hydrogens is 287 g/mol. The van der Waals surface area contributed by atoms with E-state index in [0.717, 1.165) is 4.90 Å². The van der Waals surface area contributed by atoms with Gasteiger partial charge >= 0.3 is 6.18 Å². The van der Waals surface area contributed by atoms with Crippen LogP contribution in [0.2, 0.25) is 0 Å². The van der Waals surface area contributed by atoms with E-state index in [0.29, 0.717) is 11.4 Å². The maximum Gasteiger partial charge on any atom is 0.401 e. The van der Waals surface area contributed by atoms with Crippen molar-refractivity contribution in [2.45, 2.75) is 19.1 Å². The van der Waals surface area contributed by atoms with E-state index in [1.807, 2.05) is 0 Å². The van der Waals surface area contributed by atoms with Crippen molar-refractivity contribution in [2.24, 2.45) is 0 Å². The maximum atomic E-state index is 12.5. The number of nitrogens with zero attached hydrogens (tertiary/aromatic N) is 1. The van der Waals surface area contributed by atoms with Crippen LogP contribution in [-0.2, 0) is 4.79 Å². The number of hydrogen-bond donors (Lipinski definition) is 3. The number of carbonyl (C=O) groups is 1. The fraction of sp³-hybridized carbons (Fsp3) is 0.462. The molecule has 1 atom stereocenters. The zero-order valence-corrected chi connectivity index (χ0v) is 11.5. The van der Waals surface area contributed by atoms with Crippen molar-refractivity contribution in [3.05, 3.63) is 24.3 Å². The zero-order valence-electron chi connectivity index (χ0n) is 11.5. The van der Waals surface area contributed by atoms with Crippen LogP contribution < -0.4 is 11.1 Å². The predicted octanol–water partition coefficient (Wildman–Crippen LogP) is 1.45. The van der Waals surface area contributed by atoms with Crippen molar-refractivity contribution >= 4 is 17.3 Å². The van der Waals surface area contributed by atoms with E-state index in [-0.39, 0.29) is 6.54 Å². The molecule has 21 heavy (non-hydrogen) atoms. The van der Waals surface area contributed by atoms with Crippen LogP contribution in [-0.4, -0.2) is 47.8 Å². The van der Waals surface area contributed by atoms with E-state index in [4.69, 9.17) is 10.8 Å². The first-order valence-corrected chi connectivity index (χ1v) is 6.31. The summed E-state index contributed by atoms with van der Waals surface area (Å²) in [6, 6.07) is 5.22. The molecule has 0 fully saturated rings. The number of nitrogens with one attached hydrogen (secondary N) is 1. The Labute approximate surface area is 120 Å². The molecule has 0 bridgehead atoms. The molecule has 0 saturated heterocycles. The highest BCUT2D eigenvalue weighted by atomic mass is 19.4. The fourth-order valence-electron chi connectivity index (χ4n) is 1.75. The normalized spacial score (nSPS) is 13.2. The number of hydrogen-bond acceptors (Lipinski definition) is 4. The van der Waals surface area contributed by atoms with Gasteiger partial charge in [0.05, 0.1) is 19.2 Å². The van der Waals surface area contributed by atoms with Crippen LogP contribution in [0.4, 0.5) is 24.5 Å². The number of halogens is 3. The Morgan fingerprint density at radius 1 is 1.38 bits per heavy atom. The third-order valence-electron chi connectivity index (χ3n) is 2.87. The van der Waals surface area contributed by atoms with Gasteiger partial charge in [0, 0.05) is 17.9 Å². The lowest BCUT2D eigenvalue weighted by atomic mass is 10.2. The van der Waals surface area contributed by atoms with Crippen LogP contribution in [0.3, 0.4) is 0 Å². The molecule has 1 unspecified atom stereocenters. The summed E-state index contributed by atoms with van der Waals surface area (Å²) in [5, 5.41) is 11.3. The number of aliphatic hydroxyl groups is 1. The minimum atomic E-state index is -4.44. The largest absolute Gasteiger partial charge is 0.401 e. The van der Waals surface area contributed by atoms with Crippen LogP contribution in [0.1, 0.15) is 6.92 Å². The molecule has 0 aliphatic heterocycles. The number of benzene rings is 1. The molecule has 1 amide bonds. The number of alkyl halides is 3. The van der Waals surface area contributed by atoms with E-state index in [1.165, 1.54) is 6.92 Å². The second kappa shape index (κ2) is 7.28. The highest BCUT2D eigenvalue weighted by Crippen LogP contribution is 2.18. The molecule has 0 aliphatic rings. The van der Waals surface area contributed by atoms with Crippen molar-refractivity contribution in [3.8, 4) is 0 Å². The van der Waals surface area contributed by atoms with Crippen LogP contribution in [0, 0.1) is 0 Å². The highest BCUT2D eigenvalue weighted by Gasteiger charge is 2.34. The number of nitrogens with two attached hydrogens (primary N) is 1. The monoisotopic (exact) mass is 305 g/mol. The van der Waals surface area contributed by atoms with E-state index in [2.05, 4.69) is 5.32 Å². The Morgan fingerprint density at radius 2 is 1.95 bits per heavy atom. The first-order chi connectivity index (χ1) is 9.73. The average molecular weight is 305 g/mol. The smallest absolute Gasteiger partial charge is 0.399 e. The number of rotatable bonds is 6. The highest BCUT2D eigenvalue weighted by molar-refractivity contribution is 5.94. The molecule has 1 aromatic rings. The molecule has 4 N–H and O–H groups in total. The molecule has 0 heterocycles. The molecule has 0 radical (unpaired) electrons. The summed E-state index contributed by atoms with van der Waals surface area (Å²) in [6.07, 6.45) is -4.44. The Balaban J connectivity index is 2.71. The van der Waals surface area contributed by atoms with E-state index >= 15 is 0 Å². The molecule has 5 nitrogen and oxygen atoms in total. The van der Waals surface area contributed by atoms with Gasteiger partial charge in [0.25, 0.3) is 0 Å². The summed E-state index contributed by atoms with van der Waals surface area (Å²) in [7, 11) is 0. The number of aliphatic hydroxyl groups excluding tert-OH is 1. The quantitative estimate of drug-likeness (QED) is 0.695. The second-order valence-electron chi connectivity index (χ2n) is 4.60. The Hall–Kier alpha value is -1.80. The standard InChI is InChI=1S/C13H18F3N3O2/c1-9(19(6-7-20)8-13(14,15)16)12(21)18-11-4-2-10(17)3-5-11/h2-5,9,20H,6-8,17H2,1H3,(H,18,21). The molecule has 0 aliphatic carbocycles. The summed E-state index contributed by atoms with van der Waals surface area (Å²) >= 11 is 0. The zero-order chi connectivity index (χ0) is 16.0. The van der Waals surface area contributed by atoms with Crippen LogP contribution in [0.15, 0.2) is 24.3 Å². The van der Waals surface area contributed by atoms with Gasteiger partial charge < -0.3 is 16.2 Å². The lowest BCUT2D eigenvalue weighted by Gasteiger charge is -2.28. The summed E-state index contributed by atoms with van der Waals surface area (Å²) in [4.78, 5) is 12.8. The second-order valence-corrected chi connectivity index (χ2v) is 4.60. The Bertz CT molecular complexity index is 463. The van der Waals surface area contributed by atoms with Crippen molar-refractivity contribution < 1.29 is 23.1 Å². The maximum absolute atomic E-state index is 12.5. The van der Waals surface area contributed by atoms with E-state index in [1.54, 1.807) is 24.3 Å². The first kappa shape index (κ1) is 17.3. The first-order valence-electron chi connectivity index (χ1n) is 6.31. The van der Waals surface area contributed by atoms with Gasteiger partial charge in [-0.25, -0.2) is 0 Å². The van der Waals surface area contributed by atoms with Crippen molar-refractivity contribution in [3.63, 3.8) is 0 Å². The molecule has 1 rings (SSSR count). The Morgan fingerprint density at radius 3 is 2.43 bits per heavy atom. The topological polar surface area (TPSA) is 78.6 Å². The molecular formula is C13H18F3N3O2. The van der Waals surface area contributed by atoms with Gasteiger partial charge in [-0.3, -0.25) is 9.69 Å². The van der Waals surface area contributed by atoms with Gasteiger partial charge in [-0.2, -0.15) is 13.2 Å². The van der Waals surface area contributed by atoms with Gasteiger partial charge in [-0.05, 0) is 31.2 Å². The van der Waals surface area contributed by atoms with E-state index < -0.39 is 31.3 Å². The van der Waals surface area contributed by atoms with Crippen molar-refractivity contribution in [2.75, 3.05) is 30.7 Å². The molecule has 0 saturated carbocycles. The molecule has 118 valence electrons. The minimum Gasteiger partial charge on any atom is -0.399 e. The lowest BCUT2D eigenvalue weighted by Crippen LogP contribution is -2.47. The fourth-order valence-corrected chi connectivity index (χ4v) is 1.75. The van der Waals surface area contributed by atoms with Crippen LogP contribution >= 0.6 is 0 Å².